The van der Waals surface area contributed by atoms with Crippen LogP contribution in [-0.2, 0) is 56.1 Å². The molecular formula is C125H120BrCl4F2N7O6. The lowest BCUT2D eigenvalue weighted by molar-refractivity contribution is -0.121. The van der Waals surface area contributed by atoms with Gasteiger partial charge in [-0.2, -0.15) is 0 Å². The average Bonchev–Trinajstić information content (AvgIpc) is 1.59. The molecule has 145 heavy (non-hydrogen) atoms. The summed E-state index contributed by atoms with van der Waals surface area (Å²) in [6.45, 7) is 2.06. The summed E-state index contributed by atoms with van der Waals surface area (Å²) >= 11 is 27.2. The number of ketones is 5. The highest BCUT2D eigenvalue weighted by Gasteiger charge is 2.62. The number of methoxy groups -OCH3 is 1. The van der Waals surface area contributed by atoms with Crippen molar-refractivity contribution in [3.8, 4) is 5.75 Å². The van der Waals surface area contributed by atoms with Gasteiger partial charge in [-0.3, -0.25) is 58.9 Å². The highest BCUT2D eigenvalue weighted by molar-refractivity contribution is 9.10. The van der Waals surface area contributed by atoms with Gasteiger partial charge in [0.2, 0.25) is 0 Å². The predicted octanol–water partition coefficient (Wildman–Crippen LogP) is 31.3. The minimum Gasteiger partial charge on any atom is -0.496 e. The van der Waals surface area contributed by atoms with Crippen LogP contribution >= 0.6 is 62.3 Å². The first-order chi connectivity index (χ1) is 70.4. The highest BCUT2D eigenvalue weighted by Crippen LogP contribution is 2.69. The van der Waals surface area contributed by atoms with Gasteiger partial charge in [0, 0.05) is 169 Å². The molecule has 8 aromatic carbocycles. The van der Waals surface area contributed by atoms with Gasteiger partial charge in [-0.15, -0.1) is 0 Å². The number of carbonyl (C=O) groups excluding carboxylic acids is 5. The van der Waals surface area contributed by atoms with Gasteiger partial charge in [0.25, 0.3) is 0 Å². The summed E-state index contributed by atoms with van der Waals surface area (Å²) < 4.78 is 34.2. The van der Waals surface area contributed by atoms with Gasteiger partial charge < -0.3 is 4.74 Å². The van der Waals surface area contributed by atoms with E-state index < -0.39 is 0 Å². The van der Waals surface area contributed by atoms with Crippen LogP contribution in [0.4, 0.5) is 8.78 Å². The number of aryl methyl sites for hydroxylation is 1. The third-order valence-corrected chi connectivity index (χ3v) is 36.9. The smallest absolute Gasteiger partial charge is 0.140 e. The van der Waals surface area contributed by atoms with E-state index in [1.165, 1.54) is 56.1 Å². The molecule has 10 aliphatic rings. The Bertz CT molecular complexity index is 6990. The maximum atomic E-state index is 13.8. The predicted molar refractivity (Wildman–Crippen MR) is 578 cm³/mol. The molecule has 0 saturated heterocycles. The van der Waals surface area contributed by atoms with E-state index in [0.29, 0.717) is 101 Å². The number of benzene rings is 8. The molecule has 15 aromatic rings. The van der Waals surface area contributed by atoms with Crippen molar-refractivity contribution in [2.75, 3.05) is 7.11 Å². The van der Waals surface area contributed by atoms with Gasteiger partial charge in [-0.1, -0.05) is 123 Å². The Kier molecular flexibility index (Phi) is 29.3. The topological polar surface area (TPSA) is 185 Å². The number of nitrogens with zero attached hydrogens (tertiary/aromatic N) is 7. The minimum absolute atomic E-state index is 0.200. The Hall–Kier alpha value is -11.2. The van der Waals surface area contributed by atoms with Crippen LogP contribution in [-0.4, -0.2) is 70.9 Å². The van der Waals surface area contributed by atoms with Gasteiger partial charge in [0.05, 0.1) is 34.7 Å². The zero-order chi connectivity index (χ0) is 99.9. The van der Waals surface area contributed by atoms with Crippen molar-refractivity contribution >= 4 is 146 Å². The largest absolute Gasteiger partial charge is 0.496 e. The summed E-state index contributed by atoms with van der Waals surface area (Å²) in [5, 5.41) is 8.28. The molecule has 740 valence electrons. The van der Waals surface area contributed by atoms with Crippen molar-refractivity contribution in [2.24, 2.45) is 56.7 Å². The van der Waals surface area contributed by atoms with E-state index in [9.17, 15) is 32.8 Å². The molecule has 10 saturated carbocycles. The molecule has 0 N–H and O–H groups in total. The zero-order valence-corrected chi connectivity index (χ0v) is 86.7. The van der Waals surface area contributed by atoms with Crippen LogP contribution in [0.3, 0.4) is 0 Å². The number of carbonyl (C=O) groups is 5. The number of aromatic nitrogens is 7. The van der Waals surface area contributed by atoms with Crippen LogP contribution in [0, 0.1) is 75.2 Å². The molecule has 0 amide bonds. The summed E-state index contributed by atoms with van der Waals surface area (Å²) in [5.74, 6) is 6.08. The molecule has 10 fully saturated rings. The summed E-state index contributed by atoms with van der Waals surface area (Å²) in [7, 11) is 1.73. The lowest BCUT2D eigenvalue weighted by atomic mass is 9.74. The van der Waals surface area contributed by atoms with E-state index in [1.807, 2.05) is 189 Å². The second-order valence-electron chi connectivity index (χ2n) is 43.8. The third kappa shape index (κ3) is 22.2. The van der Waals surface area contributed by atoms with Crippen molar-refractivity contribution in [3.63, 3.8) is 0 Å². The monoisotopic (exact) mass is 2070 g/mol. The van der Waals surface area contributed by atoms with Crippen LogP contribution < -0.4 is 4.74 Å². The van der Waals surface area contributed by atoms with E-state index in [-0.39, 0.29) is 68.3 Å². The fourth-order valence-corrected chi connectivity index (χ4v) is 27.3. The van der Waals surface area contributed by atoms with E-state index in [1.54, 1.807) is 43.8 Å². The Morgan fingerprint density at radius 2 is 0.545 bits per heavy atom. The highest BCUT2D eigenvalue weighted by atomic mass is 79.9. The van der Waals surface area contributed by atoms with Crippen LogP contribution in [0.5, 0.6) is 5.75 Å². The second kappa shape index (κ2) is 42.5. The van der Waals surface area contributed by atoms with Crippen LogP contribution in [0.15, 0.2) is 273 Å². The van der Waals surface area contributed by atoms with Gasteiger partial charge in [0.15, 0.2) is 0 Å². The second-order valence-corrected chi connectivity index (χ2v) is 46.4. The quantitative estimate of drug-likeness (QED) is 0.0662. The number of rotatable bonds is 21. The minimum atomic E-state index is -0.214. The molecule has 7 aromatic heterocycles. The molecule has 0 bridgehead atoms. The van der Waals surface area contributed by atoms with Gasteiger partial charge in [-0.05, 0) is 437 Å². The molecule has 10 aliphatic carbocycles. The summed E-state index contributed by atoms with van der Waals surface area (Å²) in [4.78, 5) is 95.1. The first kappa shape index (κ1) is 99.7. The number of fused-ring (bicyclic) bond motifs is 5. The molecule has 7 heterocycles. The van der Waals surface area contributed by atoms with Gasteiger partial charge in [-0.25, -0.2) is 8.78 Å². The number of ether oxygens (including phenoxy) is 1. The summed E-state index contributed by atoms with van der Waals surface area (Å²) in [6, 6.07) is 67.1. The summed E-state index contributed by atoms with van der Waals surface area (Å²) in [6.07, 6.45) is 47.2. The number of hydrogen-bond acceptors (Lipinski definition) is 13. The Morgan fingerprint density at radius 3 is 0.814 bits per heavy atom. The first-order valence-corrected chi connectivity index (χ1v) is 54.4. The maximum absolute atomic E-state index is 13.8. The number of Topliss-reactive ketones (excluding diaryl/α,β-unsaturated/α-hetero) is 5. The van der Waals surface area contributed by atoms with E-state index in [2.05, 4.69) is 88.1 Å². The Labute approximate surface area is 875 Å². The van der Waals surface area contributed by atoms with Crippen LogP contribution in [0.25, 0.3) is 54.5 Å². The van der Waals surface area contributed by atoms with Crippen molar-refractivity contribution in [1.82, 2.24) is 34.9 Å². The van der Waals surface area contributed by atoms with Gasteiger partial charge >= 0.3 is 0 Å². The maximum Gasteiger partial charge on any atom is 0.140 e. The molecule has 5 spiro atoms. The van der Waals surface area contributed by atoms with Crippen molar-refractivity contribution in [2.45, 2.75) is 229 Å². The molecule has 25 rings (SSSR count). The van der Waals surface area contributed by atoms with Crippen molar-refractivity contribution < 1.29 is 37.5 Å². The molecule has 5 atom stereocenters. The van der Waals surface area contributed by atoms with E-state index in [4.69, 9.17) is 51.1 Å². The SMILES string of the molecule is COc1cc2c(C3CCC4(CC3)C[C@@H]4C(=O)Cc3ccc(Cl)cc3)ccnc2cc1C.O=C(Cc1ccc(Br)cc1)[C@H]1CC12CCC(c1ccnc3ccc(F)cc13)CC2.O=C(Cc1ccc(Cl)cc1)[C@H]1CC12CCC(c1ccnc3ccc(F)cc13)CC2.O=C(Cc1ccc(Cl)cc1)[C@H]1CC12CCC(c1ccnc3ccncc13)CC2.O=C(Cc1ccc(Cl)cc1)[C@H]1CC12CCC(c1ccnc3ccncc13)CC2. The van der Waals surface area contributed by atoms with Crippen LogP contribution in [0.1, 0.15) is 251 Å². The van der Waals surface area contributed by atoms with E-state index >= 15 is 0 Å². The fraction of sp³-hybridized carbons (Fsp3) is 0.376. The normalized spacial score (nSPS) is 26.0. The lowest BCUT2D eigenvalue weighted by Gasteiger charge is -2.30. The molecule has 0 unspecified atom stereocenters. The van der Waals surface area contributed by atoms with Gasteiger partial charge in [0.1, 0.15) is 46.3 Å². The lowest BCUT2D eigenvalue weighted by Crippen LogP contribution is -2.20. The first-order valence-electron chi connectivity index (χ1n) is 52.1. The number of hydrogen-bond donors (Lipinski definition) is 0. The molecule has 0 aliphatic heterocycles. The van der Waals surface area contributed by atoms with Crippen LogP contribution in [0.2, 0.25) is 20.1 Å². The summed E-state index contributed by atoms with van der Waals surface area (Å²) in [5.41, 5.74) is 19.0. The van der Waals surface area contributed by atoms with E-state index in [0.717, 1.165) is 253 Å². The zero-order valence-electron chi connectivity index (χ0n) is 82.1. The fourth-order valence-electron chi connectivity index (χ4n) is 26.5. The molecular weight excluding hydrogens is 1960 g/mol. The molecule has 13 nitrogen and oxygen atoms in total. The Balaban J connectivity index is 0.000000107. The third-order valence-electron chi connectivity index (χ3n) is 35.4. The van der Waals surface area contributed by atoms with Crippen molar-refractivity contribution in [1.29, 1.82) is 0 Å². The molecule has 0 radical (unpaired) electrons. The van der Waals surface area contributed by atoms with Crippen molar-refractivity contribution in [3.05, 3.63) is 365 Å². The number of pyridine rings is 7. The standard InChI is InChI=1S/C27H28ClNO2.C25H23BrFNO.C25H23ClFNO.2C24H23ClN2O/c1-17-13-24-22(15-26(17)31-2)21(9-12-29-24)19-7-10-27(11-8-19)16-23(27)25(30)14-18-3-5-20(28)6-4-18;2*26-18-3-1-16(2-4-18)13-24(29)22-15-25(22)10-7-17(8-11-25)20-9-12-28-23-6-5-19(27)14-21(20)23;2*25-18-3-1-16(2-4-18)13-23(28)21-14-24(21)9-5-17(6-10-24)19-7-12-27-22-8-11-26-15-20(19)22/h3-6,9,12-13,15,19,23H,7-8,10-11,14,16H2,1-2H3;2*1-6,9,12,14,17,22H,7-8,10-11,13,15H2;2*1-4,7-8,11-12,15,17,21H,5-6,9-10,13-14H2/t19?,23-,27?;2*17?,22-,25?;2*17?,21-,24?/m11111/s1. The number of halogens is 7. The average molecular weight is 2080 g/mol. The Morgan fingerprint density at radius 1 is 0.303 bits per heavy atom. The molecule has 20 heteroatoms.